The average Bonchev–Trinajstić information content (AvgIpc) is 3.13. The number of carbonyl (C=O) groups is 2. The van der Waals surface area contributed by atoms with Crippen molar-refractivity contribution in [3.05, 3.63) is 77.1 Å². The third kappa shape index (κ3) is 4.33. The molecule has 0 aliphatic heterocycles. The van der Waals surface area contributed by atoms with Crippen molar-refractivity contribution in [2.24, 2.45) is 11.1 Å². The lowest BCUT2D eigenvalue weighted by atomic mass is 9.75. The van der Waals surface area contributed by atoms with E-state index in [1.807, 2.05) is 26.0 Å². The van der Waals surface area contributed by atoms with Crippen molar-refractivity contribution < 1.29 is 22.8 Å². The summed E-state index contributed by atoms with van der Waals surface area (Å²) in [6, 6.07) is 11.6. The number of amides is 1. The topological polar surface area (TPSA) is 90.0 Å². The van der Waals surface area contributed by atoms with Crippen LogP contribution in [0.15, 0.2) is 49.0 Å². The normalized spacial score (nSPS) is 15.0. The number of anilines is 2. The number of hydrogen-bond acceptors (Lipinski definition) is 4. The first-order valence-corrected chi connectivity index (χ1v) is 10.6. The van der Waals surface area contributed by atoms with Crippen molar-refractivity contribution >= 4 is 29.1 Å². The second kappa shape index (κ2) is 8.16. The molecule has 0 saturated carbocycles. The van der Waals surface area contributed by atoms with Crippen LogP contribution in [0.1, 0.15) is 57.9 Å². The van der Waals surface area contributed by atoms with Crippen molar-refractivity contribution in [3.63, 3.8) is 0 Å². The Morgan fingerprint density at radius 1 is 1.18 bits per heavy atom. The first-order valence-electron chi connectivity index (χ1n) is 10.6. The minimum absolute atomic E-state index is 0.00287. The van der Waals surface area contributed by atoms with Crippen LogP contribution in [0.25, 0.3) is 11.8 Å². The third-order valence-corrected chi connectivity index (χ3v) is 5.75. The molecule has 3 N–H and O–H groups in total. The summed E-state index contributed by atoms with van der Waals surface area (Å²) in [7, 11) is 0. The maximum absolute atomic E-state index is 13.8. The summed E-state index contributed by atoms with van der Waals surface area (Å²) in [6.07, 6.45) is -2.86. The summed E-state index contributed by atoms with van der Waals surface area (Å²) in [5, 5.41) is 6.90. The number of alkyl halides is 3. The Balaban J connectivity index is 1.86. The standard InChI is InChI=1S/C25H23F3N4O2/c1-4-14-5-7-15(8-6-14)30-18-11-16(9-10-17(18)23(29)34)32-19-12-24(2,3)13-20(33)21(19)22(31-32)25(26,27)28/h4-11,30H,1,12-13H2,2-3H3,(H2,29,34). The van der Waals surface area contributed by atoms with Gasteiger partial charge in [0.15, 0.2) is 11.5 Å². The number of nitrogens with two attached hydrogens (primary N) is 1. The van der Waals surface area contributed by atoms with Crippen LogP contribution in [0.2, 0.25) is 0 Å². The number of fused-ring (bicyclic) bond motifs is 1. The molecule has 1 heterocycles. The number of nitrogens with zero attached hydrogens (tertiary/aromatic N) is 2. The van der Waals surface area contributed by atoms with Gasteiger partial charge in [0.05, 0.1) is 28.2 Å². The van der Waals surface area contributed by atoms with Gasteiger partial charge in [-0.2, -0.15) is 18.3 Å². The van der Waals surface area contributed by atoms with E-state index >= 15 is 0 Å². The largest absolute Gasteiger partial charge is 0.435 e. The van der Waals surface area contributed by atoms with Gasteiger partial charge in [0.1, 0.15) is 0 Å². The molecule has 0 unspecified atom stereocenters. The Morgan fingerprint density at radius 3 is 2.44 bits per heavy atom. The molecule has 0 bridgehead atoms. The average molecular weight is 468 g/mol. The number of nitrogens with one attached hydrogen (secondary N) is 1. The molecule has 34 heavy (non-hydrogen) atoms. The summed E-state index contributed by atoms with van der Waals surface area (Å²) >= 11 is 0. The summed E-state index contributed by atoms with van der Waals surface area (Å²) in [5.41, 5.74) is 5.87. The molecular weight excluding hydrogens is 445 g/mol. The molecule has 0 radical (unpaired) electrons. The summed E-state index contributed by atoms with van der Waals surface area (Å²) < 4.78 is 42.4. The Morgan fingerprint density at radius 2 is 1.85 bits per heavy atom. The van der Waals surface area contributed by atoms with E-state index in [1.54, 1.807) is 18.2 Å². The zero-order chi connectivity index (χ0) is 24.8. The molecule has 176 valence electrons. The first kappa shape index (κ1) is 23.3. The molecule has 6 nitrogen and oxygen atoms in total. The molecule has 0 spiro atoms. The van der Waals surface area contributed by atoms with Crippen LogP contribution < -0.4 is 11.1 Å². The number of ketones is 1. The lowest BCUT2D eigenvalue weighted by molar-refractivity contribution is -0.141. The van der Waals surface area contributed by atoms with Gasteiger partial charge in [-0.05, 0) is 47.7 Å². The van der Waals surface area contributed by atoms with Gasteiger partial charge in [-0.15, -0.1) is 0 Å². The van der Waals surface area contributed by atoms with Gasteiger partial charge in [0.25, 0.3) is 5.91 Å². The lowest BCUT2D eigenvalue weighted by Gasteiger charge is -2.29. The second-order valence-corrected chi connectivity index (χ2v) is 9.07. The van der Waals surface area contributed by atoms with Crippen LogP contribution in [0, 0.1) is 5.41 Å². The fraction of sp³-hybridized carbons (Fsp3) is 0.240. The molecule has 1 aromatic heterocycles. The van der Waals surface area contributed by atoms with Gasteiger partial charge in [0.2, 0.25) is 0 Å². The number of halogens is 3. The van der Waals surface area contributed by atoms with E-state index < -0.39 is 29.0 Å². The maximum atomic E-state index is 13.8. The van der Waals surface area contributed by atoms with Crippen LogP contribution in [-0.2, 0) is 12.6 Å². The Labute approximate surface area is 194 Å². The van der Waals surface area contributed by atoms with Crippen LogP contribution in [-0.4, -0.2) is 21.5 Å². The highest BCUT2D eigenvalue weighted by molar-refractivity contribution is 6.01. The van der Waals surface area contributed by atoms with Gasteiger partial charge in [-0.1, -0.05) is 38.6 Å². The van der Waals surface area contributed by atoms with Crippen molar-refractivity contribution in [2.75, 3.05) is 5.32 Å². The Hall–Kier alpha value is -3.88. The molecule has 1 aliphatic carbocycles. The van der Waals surface area contributed by atoms with Gasteiger partial charge in [-0.3, -0.25) is 9.59 Å². The number of primary amides is 1. The highest BCUT2D eigenvalue weighted by atomic mass is 19.4. The highest BCUT2D eigenvalue weighted by Gasteiger charge is 2.45. The van der Waals surface area contributed by atoms with E-state index in [2.05, 4.69) is 17.0 Å². The van der Waals surface area contributed by atoms with Crippen molar-refractivity contribution in [2.45, 2.75) is 32.9 Å². The molecule has 0 fully saturated rings. The zero-order valence-electron chi connectivity index (χ0n) is 18.7. The monoisotopic (exact) mass is 468 g/mol. The maximum Gasteiger partial charge on any atom is 0.435 e. The van der Waals surface area contributed by atoms with Crippen LogP contribution in [0.3, 0.4) is 0 Å². The molecule has 0 saturated heterocycles. The molecule has 4 rings (SSSR count). The second-order valence-electron chi connectivity index (χ2n) is 9.07. The first-order chi connectivity index (χ1) is 15.9. The molecule has 3 aromatic rings. The quantitative estimate of drug-likeness (QED) is 0.515. The lowest BCUT2D eigenvalue weighted by Crippen LogP contribution is -2.29. The fourth-order valence-corrected chi connectivity index (χ4v) is 4.20. The van der Waals surface area contributed by atoms with E-state index in [1.165, 1.54) is 18.2 Å². The van der Waals surface area contributed by atoms with Crippen molar-refractivity contribution in [1.29, 1.82) is 0 Å². The van der Waals surface area contributed by atoms with Gasteiger partial charge in [0, 0.05) is 12.1 Å². The predicted octanol–water partition coefficient (Wildman–Crippen LogP) is 5.53. The highest BCUT2D eigenvalue weighted by Crippen LogP contribution is 2.42. The van der Waals surface area contributed by atoms with E-state index in [4.69, 9.17) is 5.73 Å². The predicted molar refractivity (Wildman–Crippen MR) is 123 cm³/mol. The molecule has 0 atom stereocenters. The van der Waals surface area contributed by atoms with E-state index in [-0.39, 0.29) is 35.3 Å². The zero-order valence-corrected chi connectivity index (χ0v) is 18.7. The number of benzene rings is 2. The van der Waals surface area contributed by atoms with Gasteiger partial charge < -0.3 is 11.1 Å². The molecule has 2 aromatic carbocycles. The minimum Gasteiger partial charge on any atom is -0.366 e. The van der Waals surface area contributed by atoms with E-state index in [9.17, 15) is 22.8 Å². The SMILES string of the molecule is C=Cc1ccc(Nc2cc(-n3nc(C(F)(F)F)c4c3CC(C)(C)CC4=O)ccc2C(N)=O)cc1. The molecular formula is C25H23F3N4O2. The number of hydrogen-bond donors (Lipinski definition) is 2. The van der Waals surface area contributed by atoms with Crippen LogP contribution in [0.4, 0.5) is 24.5 Å². The number of aromatic nitrogens is 2. The van der Waals surface area contributed by atoms with Crippen molar-refractivity contribution in [1.82, 2.24) is 9.78 Å². The fourth-order valence-electron chi connectivity index (χ4n) is 4.20. The summed E-state index contributed by atoms with van der Waals surface area (Å²) in [4.78, 5) is 24.7. The summed E-state index contributed by atoms with van der Waals surface area (Å²) in [5.74, 6) is -1.29. The smallest absolute Gasteiger partial charge is 0.366 e. The molecule has 9 heteroatoms. The van der Waals surface area contributed by atoms with Gasteiger partial charge in [-0.25, -0.2) is 4.68 Å². The Kier molecular flexibility index (Phi) is 5.59. The minimum atomic E-state index is -4.78. The van der Waals surface area contributed by atoms with E-state index in [0.717, 1.165) is 10.2 Å². The van der Waals surface area contributed by atoms with Crippen LogP contribution >= 0.6 is 0 Å². The summed E-state index contributed by atoms with van der Waals surface area (Å²) in [6.45, 7) is 7.36. The third-order valence-electron chi connectivity index (χ3n) is 5.75. The number of Topliss-reactive ketones (excluding diaryl/α,β-unsaturated/α-hetero) is 1. The Bertz CT molecular complexity index is 1300. The van der Waals surface area contributed by atoms with Crippen LogP contribution in [0.5, 0.6) is 0 Å². The van der Waals surface area contributed by atoms with E-state index in [0.29, 0.717) is 11.4 Å². The molecule has 1 amide bonds. The van der Waals surface area contributed by atoms with Crippen molar-refractivity contribution in [3.8, 4) is 5.69 Å². The molecule has 1 aliphatic rings. The number of rotatable bonds is 5. The van der Waals surface area contributed by atoms with Gasteiger partial charge >= 0.3 is 6.18 Å². The number of carbonyl (C=O) groups excluding carboxylic acids is 2.